The number of nitrogens with zero attached hydrogens (tertiary/aromatic N) is 6. The minimum absolute atomic E-state index is 0.276. The SMILES string of the molecule is c1ccc(N(c2ccccc2)c2cc3c4c(c2)N(c2ccc5oc6ccccc6c5c2)c2cc5c(cc2B4c2ccccc2N3c2ccccc2)B2c3oc4ccccc4c3N(c3ccccc3)c3cc(N(c4ccccc4)c4ccccc4)cc(c32)N5c2ccc3oc4ccccc4c3c2)cc1. The second-order valence-corrected chi connectivity index (χ2v) is 27.1. The van der Waals surface area contributed by atoms with Gasteiger partial charge in [0.1, 0.15) is 27.9 Å². The van der Waals surface area contributed by atoms with Gasteiger partial charge < -0.3 is 42.7 Å². The van der Waals surface area contributed by atoms with Crippen LogP contribution in [0, 0.1) is 0 Å². The maximum Gasteiger partial charge on any atom is 0.297 e. The van der Waals surface area contributed by atoms with Gasteiger partial charge in [0.2, 0.25) is 0 Å². The highest BCUT2D eigenvalue weighted by molar-refractivity contribution is 7.03. The quantitative estimate of drug-likeness (QED) is 0.125. The van der Waals surface area contributed by atoms with Crippen LogP contribution >= 0.6 is 0 Å². The fourth-order valence-corrected chi connectivity index (χ4v) is 17.3. The number of furan rings is 3. The predicted octanol–water partition coefficient (Wildman–Crippen LogP) is 21.3. The summed E-state index contributed by atoms with van der Waals surface area (Å²) in [7, 11) is 0. The van der Waals surface area contributed by atoms with Gasteiger partial charge in [-0.2, -0.15) is 0 Å². The van der Waals surface area contributed by atoms with E-state index in [4.69, 9.17) is 13.3 Å². The molecule has 11 heteroatoms. The molecule has 0 radical (unpaired) electrons. The van der Waals surface area contributed by atoms with E-state index in [0.717, 1.165) is 174 Å². The third kappa shape index (κ3) is 8.63. The molecule has 18 aromatic rings. The Kier molecular flexibility index (Phi) is 12.5. The number of para-hydroxylation sites is 10. The van der Waals surface area contributed by atoms with E-state index in [1.807, 2.05) is 0 Å². The molecule has 3 aromatic heterocycles. The first-order valence-corrected chi connectivity index (χ1v) is 35.2. The highest BCUT2D eigenvalue weighted by Gasteiger charge is 2.51. The molecule has 9 nitrogen and oxygen atoms in total. The topological polar surface area (TPSA) is 58.9 Å². The molecule has 15 aromatic carbocycles. The summed E-state index contributed by atoms with van der Waals surface area (Å²) in [5.41, 5.74) is 29.4. The largest absolute Gasteiger partial charge is 0.468 e. The molecule has 0 saturated carbocycles. The van der Waals surface area contributed by atoms with Crippen LogP contribution in [0.1, 0.15) is 0 Å². The normalized spacial score (nSPS) is 13.1. The lowest BCUT2D eigenvalue weighted by molar-refractivity contribution is 0.651. The highest BCUT2D eigenvalue weighted by atomic mass is 16.3. The van der Waals surface area contributed by atoms with Crippen LogP contribution in [0.5, 0.6) is 0 Å². The zero-order valence-electron chi connectivity index (χ0n) is 55.5. The number of hydrogen-bond donors (Lipinski definition) is 0. The molecule has 22 rings (SSSR count). The first-order chi connectivity index (χ1) is 51.1. The van der Waals surface area contributed by atoms with Crippen molar-refractivity contribution in [2.45, 2.75) is 0 Å². The second-order valence-electron chi connectivity index (χ2n) is 27.1. The number of benzene rings is 15. The summed E-state index contributed by atoms with van der Waals surface area (Å²) in [6.45, 7) is -0.698. The Morgan fingerprint density at radius 3 is 1.06 bits per heavy atom. The standard InChI is InChI=1S/C92H58B2N6O3/c1-7-27-59(28-8-1)95(60-29-9-2-10-30-60)67-53-80-89-81(54-67)98(65-47-49-87-72(51-65)69-39-19-24-44-84(69)101-87)78-58-79-76(57-75(78)93(89)74-42-22-23-43-77(74)97(80)63-35-15-5-16-36-63)94-90-82(99(79)66-48-50-88-73(52-66)70-40-20-25-45-85(70)102-88)55-68(96(61-31-11-3-12-32-61)62-33-13-4-14-34-62)56-83(90)100(64-37-17-6-18-38-64)91-71-41-21-26-46-86(71)103-92(91)94/h1-58H. The average molecular weight is 1320 g/mol. The van der Waals surface area contributed by atoms with Crippen molar-refractivity contribution in [1.29, 1.82) is 0 Å². The van der Waals surface area contributed by atoms with E-state index in [2.05, 4.69) is 381 Å². The Balaban J connectivity index is 0.903. The van der Waals surface area contributed by atoms with Gasteiger partial charge in [0.05, 0.1) is 22.7 Å². The van der Waals surface area contributed by atoms with Crippen molar-refractivity contribution in [3.63, 3.8) is 0 Å². The zero-order chi connectivity index (χ0) is 67.4. The van der Waals surface area contributed by atoms with Crippen LogP contribution in [-0.4, -0.2) is 13.4 Å². The van der Waals surface area contributed by atoms with E-state index in [9.17, 15) is 0 Å². The molecule has 0 fully saturated rings. The second kappa shape index (κ2) is 22.4. The lowest BCUT2D eigenvalue weighted by Gasteiger charge is -2.47. The van der Waals surface area contributed by atoms with Crippen molar-refractivity contribution in [1.82, 2.24) is 0 Å². The summed E-state index contributed by atoms with van der Waals surface area (Å²) in [6.07, 6.45) is 0. The van der Waals surface area contributed by atoms with Crippen LogP contribution < -0.4 is 62.4 Å². The minimum Gasteiger partial charge on any atom is -0.468 e. The van der Waals surface area contributed by atoms with Crippen molar-refractivity contribution in [3.05, 3.63) is 352 Å². The highest BCUT2D eigenvalue weighted by Crippen LogP contribution is 2.54. The van der Waals surface area contributed by atoms with Crippen LogP contribution in [-0.2, 0) is 0 Å². The Hall–Kier alpha value is -13.6. The van der Waals surface area contributed by atoms with Crippen molar-refractivity contribution in [3.8, 4) is 0 Å². The molecule has 7 heterocycles. The summed E-state index contributed by atoms with van der Waals surface area (Å²) >= 11 is 0. The number of fused-ring (bicyclic) bond motifs is 16. The summed E-state index contributed by atoms with van der Waals surface area (Å²) in [5, 5.41) is 5.20. The van der Waals surface area contributed by atoms with E-state index < -0.39 is 6.71 Å². The molecule has 0 N–H and O–H groups in total. The lowest BCUT2D eigenvalue weighted by atomic mass is 9.31. The smallest absolute Gasteiger partial charge is 0.297 e. The number of rotatable bonds is 10. The van der Waals surface area contributed by atoms with Crippen LogP contribution in [0.25, 0.3) is 54.8 Å². The summed E-state index contributed by atoms with van der Waals surface area (Å²) in [6, 6.07) is 128. The molecule has 4 aliphatic rings. The van der Waals surface area contributed by atoms with E-state index in [0.29, 0.717) is 0 Å². The maximum atomic E-state index is 7.66. The van der Waals surface area contributed by atoms with Gasteiger partial charge in [-0.05, 0) is 197 Å². The first-order valence-electron chi connectivity index (χ1n) is 35.2. The molecule has 0 amide bonds. The predicted molar refractivity (Wildman–Crippen MR) is 428 cm³/mol. The van der Waals surface area contributed by atoms with Crippen molar-refractivity contribution in [2.75, 3.05) is 29.4 Å². The molecule has 0 aliphatic carbocycles. The van der Waals surface area contributed by atoms with Crippen LogP contribution in [0.2, 0.25) is 0 Å². The van der Waals surface area contributed by atoms with Crippen LogP contribution in [0.15, 0.2) is 365 Å². The Morgan fingerprint density at radius 1 is 0.214 bits per heavy atom. The summed E-state index contributed by atoms with van der Waals surface area (Å²) in [5.74, 6) is 0. The molecule has 0 spiro atoms. The fourth-order valence-electron chi connectivity index (χ4n) is 17.3. The molecule has 0 saturated heterocycles. The summed E-state index contributed by atoms with van der Waals surface area (Å²) < 4.78 is 21.1. The summed E-state index contributed by atoms with van der Waals surface area (Å²) in [4.78, 5) is 14.9. The van der Waals surface area contributed by atoms with E-state index in [1.165, 1.54) is 16.4 Å². The number of hydrogen-bond acceptors (Lipinski definition) is 9. The molecule has 480 valence electrons. The Morgan fingerprint density at radius 2 is 0.573 bits per heavy atom. The third-order valence-corrected chi connectivity index (χ3v) is 21.5. The van der Waals surface area contributed by atoms with Gasteiger partial charge in [0, 0.05) is 112 Å². The van der Waals surface area contributed by atoms with Gasteiger partial charge in [0.25, 0.3) is 13.4 Å². The van der Waals surface area contributed by atoms with Gasteiger partial charge in [-0.3, -0.25) is 0 Å². The molecule has 0 bridgehead atoms. The average Bonchev–Trinajstić information content (AvgIpc) is 1.61. The van der Waals surface area contributed by atoms with Crippen molar-refractivity contribution in [2.24, 2.45) is 0 Å². The monoisotopic (exact) mass is 1320 g/mol. The number of anilines is 18. The molecule has 0 atom stereocenters. The van der Waals surface area contributed by atoms with Gasteiger partial charge >= 0.3 is 0 Å². The van der Waals surface area contributed by atoms with Crippen molar-refractivity contribution < 1.29 is 13.3 Å². The zero-order valence-corrected chi connectivity index (χ0v) is 55.5. The molecule has 0 unspecified atom stereocenters. The van der Waals surface area contributed by atoms with E-state index >= 15 is 0 Å². The molecular weight excluding hydrogens is 1260 g/mol. The first kappa shape index (κ1) is 57.3. The van der Waals surface area contributed by atoms with E-state index in [1.54, 1.807) is 0 Å². The molecule has 103 heavy (non-hydrogen) atoms. The third-order valence-electron chi connectivity index (χ3n) is 21.5. The molecular formula is C92H58B2N6O3. The van der Waals surface area contributed by atoms with Crippen LogP contribution in [0.4, 0.5) is 102 Å². The van der Waals surface area contributed by atoms with Crippen molar-refractivity contribution >= 4 is 204 Å². The lowest BCUT2D eigenvalue weighted by Crippen LogP contribution is -2.65. The van der Waals surface area contributed by atoms with E-state index in [-0.39, 0.29) is 6.71 Å². The molecule has 4 aliphatic heterocycles. The van der Waals surface area contributed by atoms with Crippen LogP contribution in [0.3, 0.4) is 0 Å². The van der Waals surface area contributed by atoms with Gasteiger partial charge in [-0.1, -0.05) is 182 Å². The minimum atomic E-state index is -0.423. The fraction of sp³-hybridized carbons (Fsp3) is 0. The Labute approximate surface area is 594 Å². The van der Waals surface area contributed by atoms with Gasteiger partial charge in [-0.25, -0.2) is 0 Å². The van der Waals surface area contributed by atoms with Gasteiger partial charge in [0.15, 0.2) is 0 Å². The Bertz CT molecular complexity index is 6370. The maximum absolute atomic E-state index is 7.66. The van der Waals surface area contributed by atoms with Gasteiger partial charge in [-0.15, -0.1) is 0 Å².